The van der Waals surface area contributed by atoms with Gasteiger partial charge >= 0.3 is 0 Å². The summed E-state index contributed by atoms with van der Waals surface area (Å²) in [6.07, 6.45) is 3.12. The highest BCUT2D eigenvalue weighted by atomic mass is 32.1. The topological polar surface area (TPSA) is 46.4 Å². The molecule has 1 amide bonds. The average molecular weight is 347 g/mol. The highest BCUT2D eigenvalue weighted by molar-refractivity contribution is 7.09. The number of imidazole rings is 1. The molecule has 3 aromatic heterocycles. The third-order valence-corrected chi connectivity index (χ3v) is 4.95. The van der Waals surface area contributed by atoms with Crippen LogP contribution in [0.5, 0.6) is 0 Å². The van der Waals surface area contributed by atoms with Crippen molar-refractivity contribution < 1.29 is 4.79 Å². The first-order valence-electron chi connectivity index (χ1n) is 8.16. The van der Waals surface area contributed by atoms with Gasteiger partial charge in [-0.25, -0.2) is 4.98 Å². The number of carbonyl (C=O) groups is 1. The van der Waals surface area contributed by atoms with Crippen molar-refractivity contribution in [1.82, 2.24) is 9.38 Å². The number of nitrogens with zero attached hydrogens (tertiary/aromatic N) is 2. The summed E-state index contributed by atoms with van der Waals surface area (Å²) in [5.74, 6) is 0.717. The highest BCUT2D eigenvalue weighted by Gasteiger charge is 2.16. The van der Waals surface area contributed by atoms with Gasteiger partial charge in [0.1, 0.15) is 17.2 Å². The Bertz CT molecular complexity index is 990. The maximum atomic E-state index is 12.5. The van der Waals surface area contributed by atoms with Crippen molar-refractivity contribution in [1.29, 1.82) is 0 Å². The molecule has 4 nitrogen and oxygen atoms in total. The van der Waals surface area contributed by atoms with Gasteiger partial charge in [0.15, 0.2) is 0 Å². The van der Waals surface area contributed by atoms with E-state index in [-0.39, 0.29) is 5.91 Å². The first kappa shape index (κ1) is 15.6. The molecule has 124 valence electrons. The zero-order valence-electron chi connectivity index (χ0n) is 13.6. The van der Waals surface area contributed by atoms with E-state index in [2.05, 4.69) is 11.4 Å². The largest absolute Gasteiger partial charge is 0.310 e. The monoisotopic (exact) mass is 347 g/mol. The smallest absolute Gasteiger partial charge is 0.225 e. The molecule has 0 radical (unpaired) electrons. The van der Waals surface area contributed by atoms with E-state index in [0.717, 1.165) is 29.1 Å². The number of hydrogen-bond acceptors (Lipinski definition) is 3. The second-order valence-electron chi connectivity index (χ2n) is 5.73. The normalized spacial score (nSPS) is 10.9. The Kier molecular flexibility index (Phi) is 4.31. The zero-order chi connectivity index (χ0) is 17.1. The predicted octanol–water partition coefficient (Wildman–Crippen LogP) is 4.63. The lowest BCUT2D eigenvalue weighted by atomic mass is 10.1. The van der Waals surface area contributed by atoms with Gasteiger partial charge in [-0.05, 0) is 30.0 Å². The van der Waals surface area contributed by atoms with E-state index < -0.39 is 0 Å². The molecule has 0 fully saturated rings. The van der Waals surface area contributed by atoms with E-state index >= 15 is 0 Å². The Labute approximate surface area is 149 Å². The summed E-state index contributed by atoms with van der Waals surface area (Å²) < 4.78 is 1.92. The highest BCUT2D eigenvalue weighted by Crippen LogP contribution is 2.28. The number of benzene rings is 1. The minimum absolute atomic E-state index is 0.00349. The number of carbonyl (C=O) groups excluding carboxylic acids is 1. The first-order valence-corrected chi connectivity index (χ1v) is 9.04. The number of aromatic nitrogens is 2. The molecule has 25 heavy (non-hydrogen) atoms. The molecular weight excluding hydrogens is 330 g/mol. The molecule has 0 spiro atoms. The first-order chi connectivity index (χ1) is 12.3. The maximum absolute atomic E-state index is 12.5. The summed E-state index contributed by atoms with van der Waals surface area (Å²) in [6, 6.07) is 19.8. The average Bonchev–Trinajstić information content (AvgIpc) is 3.29. The standard InChI is InChI=1S/C20H17N3OS/c24-18(12-11-16-9-6-14-25-16)22-20-19(15-7-2-1-3-8-15)21-17-10-4-5-13-23(17)20/h1-10,13-14H,11-12H2,(H,22,24). The number of rotatable bonds is 5. The summed E-state index contributed by atoms with van der Waals surface area (Å²) in [6.45, 7) is 0. The van der Waals surface area contributed by atoms with E-state index in [0.29, 0.717) is 6.42 Å². The van der Waals surface area contributed by atoms with Gasteiger partial charge in [-0.3, -0.25) is 9.20 Å². The molecule has 4 aromatic rings. The van der Waals surface area contributed by atoms with Crippen molar-refractivity contribution in [2.75, 3.05) is 5.32 Å². The lowest BCUT2D eigenvalue weighted by Gasteiger charge is -2.07. The molecule has 1 N–H and O–H groups in total. The third-order valence-electron chi connectivity index (χ3n) is 4.01. The minimum Gasteiger partial charge on any atom is -0.310 e. The molecule has 0 atom stereocenters. The van der Waals surface area contributed by atoms with Gasteiger partial charge < -0.3 is 5.32 Å². The fraction of sp³-hybridized carbons (Fsp3) is 0.100. The van der Waals surface area contributed by atoms with Crippen LogP contribution in [0, 0.1) is 0 Å². The van der Waals surface area contributed by atoms with Crippen molar-refractivity contribution in [2.24, 2.45) is 0 Å². The molecule has 1 aromatic carbocycles. The quantitative estimate of drug-likeness (QED) is 0.572. The number of hydrogen-bond donors (Lipinski definition) is 1. The molecule has 0 aliphatic heterocycles. The number of fused-ring (bicyclic) bond motifs is 1. The second-order valence-corrected chi connectivity index (χ2v) is 6.76. The van der Waals surface area contributed by atoms with E-state index in [4.69, 9.17) is 4.98 Å². The van der Waals surface area contributed by atoms with Gasteiger partial charge in [-0.1, -0.05) is 42.5 Å². The van der Waals surface area contributed by atoms with Gasteiger partial charge in [-0.2, -0.15) is 0 Å². The van der Waals surface area contributed by atoms with Gasteiger partial charge in [-0.15, -0.1) is 11.3 Å². The van der Waals surface area contributed by atoms with E-state index in [9.17, 15) is 4.79 Å². The lowest BCUT2D eigenvalue weighted by molar-refractivity contribution is -0.116. The Balaban J connectivity index is 1.64. The summed E-state index contributed by atoms with van der Waals surface area (Å²) >= 11 is 1.68. The van der Waals surface area contributed by atoms with Crippen molar-refractivity contribution in [3.8, 4) is 11.3 Å². The molecule has 0 bridgehead atoms. The van der Waals surface area contributed by atoms with Crippen LogP contribution >= 0.6 is 11.3 Å². The predicted molar refractivity (Wildman–Crippen MR) is 102 cm³/mol. The van der Waals surface area contributed by atoms with Crippen molar-refractivity contribution in [3.63, 3.8) is 0 Å². The number of pyridine rings is 1. The number of aryl methyl sites for hydroxylation is 1. The number of nitrogens with one attached hydrogen (secondary N) is 1. The van der Waals surface area contributed by atoms with Crippen LogP contribution in [0.3, 0.4) is 0 Å². The summed E-state index contributed by atoms with van der Waals surface area (Å²) in [5, 5.41) is 5.09. The van der Waals surface area contributed by atoms with E-state index in [1.807, 2.05) is 70.6 Å². The van der Waals surface area contributed by atoms with Crippen LogP contribution in [-0.4, -0.2) is 15.3 Å². The molecular formula is C20H17N3OS. The van der Waals surface area contributed by atoms with E-state index in [1.165, 1.54) is 4.88 Å². The Morgan fingerprint density at radius 2 is 1.88 bits per heavy atom. The Hall–Kier alpha value is -2.92. The molecule has 0 saturated carbocycles. The molecule has 3 heterocycles. The van der Waals surface area contributed by atoms with E-state index in [1.54, 1.807) is 11.3 Å². The molecule has 5 heteroatoms. The third kappa shape index (κ3) is 3.32. The molecule has 0 aliphatic rings. The maximum Gasteiger partial charge on any atom is 0.225 e. The molecule has 4 rings (SSSR count). The zero-order valence-corrected chi connectivity index (χ0v) is 14.4. The van der Waals surface area contributed by atoms with Crippen LogP contribution in [0.1, 0.15) is 11.3 Å². The van der Waals surface area contributed by atoms with Gasteiger partial charge in [0.05, 0.1) is 0 Å². The number of amides is 1. The molecule has 0 aliphatic carbocycles. The van der Waals surface area contributed by atoms with Crippen LogP contribution in [-0.2, 0) is 11.2 Å². The van der Waals surface area contributed by atoms with Gasteiger partial charge in [0, 0.05) is 23.1 Å². The SMILES string of the molecule is O=C(CCc1cccs1)Nc1c(-c2ccccc2)nc2ccccn12. The van der Waals surface area contributed by atoms with Gasteiger partial charge in [0.2, 0.25) is 5.91 Å². The second kappa shape index (κ2) is 6.91. The summed E-state index contributed by atoms with van der Waals surface area (Å²) in [4.78, 5) is 18.4. The van der Waals surface area contributed by atoms with Gasteiger partial charge in [0.25, 0.3) is 0 Å². The van der Waals surface area contributed by atoms with Crippen LogP contribution < -0.4 is 5.32 Å². The van der Waals surface area contributed by atoms with Crippen molar-refractivity contribution in [2.45, 2.75) is 12.8 Å². The Morgan fingerprint density at radius 3 is 2.68 bits per heavy atom. The number of anilines is 1. The van der Waals surface area contributed by atoms with Crippen molar-refractivity contribution in [3.05, 3.63) is 77.1 Å². The Morgan fingerprint density at radius 1 is 1.04 bits per heavy atom. The van der Waals surface area contributed by atoms with Crippen molar-refractivity contribution >= 4 is 28.7 Å². The molecule has 0 unspecified atom stereocenters. The lowest BCUT2D eigenvalue weighted by Crippen LogP contribution is -2.14. The van der Waals surface area contributed by atoms with Crippen LogP contribution in [0.4, 0.5) is 5.82 Å². The number of thiophene rings is 1. The summed E-state index contributed by atoms with van der Waals surface area (Å²) in [5.41, 5.74) is 2.59. The minimum atomic E-state index is -0.00349. The summed E-state index contributed by atoms with van der Waals surface area (Å²) in [7, 11) is 0. The van der Waals surface area contributed by atoms with Crippen LogP contribution in [0.2, 0.25) is 0 Å². The fourth-order valence-electron chi connectivity index (χ4n) is 2.80. The van der Waals surface area contributed by atoms with Crippen LogP contribution in [0.15, 0.2) is 72.2 Å². The molecule has 0 saturated heterocycles. The fourth-order valence-corrected chi connectivity index (χ4v) is 3.51. The van der Waals surface area contributed by atoms with Crippen LogP contribution in [0.25, 0.3) is 16.9 Å².